The molecule has 1 N–H and O–H groups in total. The van der Waals surface area contributed by atoms with Crippen molar-refractivity contribution in [3.05, 3.63) is 29.3 Å². The van der Waals surface area contributed by atoms with Crippen molar-refractivity contribution in [1.82, 2.24) is 19.8 Å². The van der Waals surface area contributed by atoms with E-state index in [-0.39, 0.29) is 5.91 Å². The van der Waals surface area contributed by atoms with Gasteiger partial charge in [-0.05, 0) is 20.3 Å². The van der Waals surface area contributed by atoms with Crippen LogP contribution in [0.25, 0.3) is 0 Å². The molecule has 2 aromatic rings. The molecule has 0 spiro atoms. The van der Waals surface area contributed by atoms with Crippen molar-refractivity contribution in [1.29, 1.82) is 0 Å². The molecular formula is C15H21N5O2. The number of carbonyl (C=O) groups excluding carboxylic acids is 1. The summed E-state index contributed by atoms with van der Waals surface area (Å²) in [6.45, 7) is 8.23. The predicted molar refractivity (Wildman–Crippen MR) is 81.4 cm³/mol. The van der Waals surface area contributed by atoms with E-state index in [0.717, 1.165) is 37.5 Å². The first kappa shape index (κ1) is 14.8. The van der Waals surface area contributed by atoms with E-state index in [1.165, 1.54) is 12.5 Å². The zero-order valence-corrected chi connectivity index (χ0v) is 13.2. The first-order valence-corrected chi connectivity index (χ1v) is 7.50. The number of amides is 1. The quantitative estimate of drug-likeness (QED) is 0.933. The van der Waals surface area contributed by atoms with Gasteiger partial charge in [-0.2, -0.15) is 5.10 Å². The summed E-state index contributed by atoms with van der Waals surface area (Å²) in [6.07, 6.45) is 2.97. The Morgan fingerprint density at radius 3 is 3.00 bits per heavy atom. The van der Waals surface area contributed by atoms with Gasteiger partial charge in [0.25, 0.3) is 0 Å². The number of nitrogens with zero attached hydrogens (tertiary/aromatic N) is 4. The Morgan fingerprint density at radius 1 is 1.50 bits per heavy atom. The van der Waals surface area contributed by atoms with Crippen molar-refractivity contribution < 1.29 is 9.32 Å². The summed E-state index contributed by atoms with van der Waals surface area (Å²) < 4.78 is 7.17. The van der Waals surface area contributed by atoms with Gasteiger partial charge in [-0.15, -0.1) is 0 Å². The zero-order chi connectivity index (χ0) is 15.7. The molecule has 0 radical (unpaired) electrons. The summed E-state index contributed by atoms with van der Waals surface area (Å²) in [5.74, 6) is 1.40. The Hall–Kier alpha value is -2.15. The van der Waals surface area contributed by atoms with Crippen LogP contribution in [0.1, 0.15) is 36.4 Å². The van der Waals surface area contributed by atoms with Gasteiger partial charge in [0.05, 0.1) is 11.7 Å². The van der Waals surface area contributed by atoms with Crippen LogP contribution in [0.2, 0.25) is 0 Å². The van der Waals surface area contributed by atoms with Crippen LogP contribution in [-0.4, -0.2) is 38.8 Å². The van der Waals surface area contributed by atoms with Crippen LogP contribution in [0.3, 0.4) is 0 Å². The lowest BCUT2D eigenvalue weighted by Gasteiger charge is -2.16. The molecule has 1 aliphatic heterocycles. The molecule has 22 heavy (non-hydrogen) atoms. The lowest BCUT2D eigenvalue weighted by Crippen LogP contribution is -2.22. The van der Waals surface area contributed by atoms with Crippen LogP contribution in [0.4, 0.5) is 5.82 Å². The van der Waals surface area contributed by atoms with E-state index < -0.39 is 0 Å². The number of aryl methyl sites for hydroxylation is 2. The highest BCUT2D eigenvalue weighted by atomic mass is 16.5. The zero-order valence-electron chi connectivity index (χ0n) is 13.2. The first-order valence-electron chi connectivity index (χ1n) is 7.50. The number of nitrogens with one attached hydrogen (secondary N) is 1. The van der Waals surface area contributed by atoms with Gasteiger partial charge >= 0.3 is 0 Å². The summed E-state index contributed by atoms with van der Waals surface area (Å²) in [4.78, 5) is 13.4. The Morgan fingerprint density at radius 2 is 2.32 bits per heavy atom. The smallest absolute Gasteiger partial charge is 0.222 e. The van der Waals surface area contributed by atoms with Gasteiger partial charge < -0.3 is 9.84 Å². The average Bonchev–Trinajstić information content (AvgIpc) is 3.15. The minimum absolute atomic E-state index is 0.100. The van der Waals surface area contributed by atoms with E-state index in [1.807, 2.05) is 30.8 Å². The molecule has 3 rings (SSSR count). The third-order valence-electron chi connectivity index (χ3n) is 4.10. The summed E-state index contributed by atoms with van der Waals surface area (Å²) in [5.41, 5.74) is 2.15. The molecule has 0 aromatic carbocycles. The maximum Gasteiger partial charge on any atom is 0.222 e. The number of rotatable bonds is 4. The second-order valence-corrected chi connectivity index (χ2v) is 5.84. The monoisotopic (exact) mass is 303 g/mol. The van der Waals surface area contributed by atoms with Crippen molar-refractivity contribution in [3.8, 4) is 0 Å². The summed E-state index contributed by atoms with van der Waals surface area (Å²) >= 11 is 0. The molecule has 1 atom stereocenters. The van der Waals surface area contributed by atoms with Crippen LogP contribution in [0.5, 0.6) is 0 Å². The molecule has 0 aliphatic carbocycles. The third-order valence-corrected chi connectivity index (χ3v) is 4.10. The number of hydrogen-bond donors (Lipinski definition) is 1. The fourth-order valence-electron chi connectivity index (χ4n) is 2.91. The number of likely N-dealkylation sites (tertiary alicyclic amines) is 1. The average molecular weight is 303 g/mol. The van der Waals surface area contributed by atoms with Crippen molar-refractivity contribution in [2.75, 3.05) is 18.4 Å². The van der Waals surface area contributed by atoms with Crippen LogP contribution in [0.15, 0.2) is 16.8 Å². The van der Waals surface area contributed by atoms with Crippen molar-refractivity contribution in [2.45, 2.75) is 39.8 Å². The molecule has 7 heteroatoms. The number of carbonyl (C=O) groups is 1. The molecule has 7 nitrogen and oxygen atoms in total. The van der Waals surface area contributed by atoms with Crippen molar-refractivity contribution in [2.24, 2.45) is 0 Å². The van der Waals surface area contributed by atoms with Gasteiger partial charge in [0, 0.05) is 44.4 Å². The van der Waals surface area contributed by atoms with Crippen LogP contribution in [-0.2, 0) is 11.3 Å². The number of aromatic nitrogens is 3. The number of anilines is 1. The Balaban J connectivity index is 1.62. The van der Waals surface area contributed by atoms with Gasteiger partial charge in [-0.3, -0.25) is 14.4 Å². The predicted octanol–water partition coefficient (Wildman–Crippen LogP) is 1.89. The summed E-state index contributed by atoms with van der Waals surface area (Å²) in [6, 6.07) is 2.17. The molecule has 3 heterocycles. The van der Waals surface area contributed by atoms with Gasteiger partial charge in [0.2, 0.25) is 5.91 Å². The Bertz CT molecular complexity index is 656. The number of hydrogen-bond acceptors (Lipinski definition) is 5. The van der Waals surface area contributed by atoms with E-state index >= 15 is 0 Å². The van der Waals surface area contributed by atoms with Crippen molar-refractivity contribution in [3.63, 3.8) is 0 Å². The Kier molecular flexibility index (Phi) is 3.98. The largest absolute Gasteiger partial charge is 0.361 e. The molecular weight excluding hydrogens is 282 g/mol. The summed E-state index contributed by atoms with van der Waals surface area (Å²) in [7, 11) is 0. The van der Waals surface area contributed by atoms with Crippen molar-refractivity contribution >= 4 is 11.7 Å². The van der Waals surface area contributed by atoms with E-state index in [0.29, 0.717) is 11.9 Å². The molecule has 1 fully saturated rings. The minimum Gasteiger partial charge on any atom is -0.361 e. The highest BCUT2D eigenvalue weighted by molar-refractivity contribution is 5.87. The lowest BCUT2D eigenvalue weighted by molar-refractivity contribution is -0.114. The maximum absolute atomic E-state index is 11.1. The topological polar surface area (TPSA) is 76.2 Å². The van der Waals surface area contributed by atoms with Gasteiger partial charge in [-0.25, -0.2) is 0 Å². The van der Waals surface area contributed by atoms with Crippen LogP contribution >= 0.6 is 0 Å². The molecule has 2 aromatic heterocycles. The second-order valence-electron chi connectivity index (χ2n) is 5.84. The molecule has 1 saturated heterocycles. The minimum atomic E-state index is -0.100. The molecule has 118 valence electrons. The second kappa shape index (κ2) is 5.92. The van der Waals surface area contributed by atoms with Crippen LogP contribution in [0, 0.1) is 13.8 Å². The fraction of sp³-hybridized carbons (Fsp3) is 0.533. The lowest BCUT2D eigenvalue weighted by atomic mass is 10.2. The Labute approximate surface area is 129 Å². The molecule has 0 saturated carbocycles. The fourth-order valence-corrected chi connectivity index (χ4v) is 2.91. The maximum atomic E-state index is 11.1. The summed E-state index contributed by atoms with van der Waals surface area (Å²) in [5, 5.41) is 11.1. The highest BCUT2D eigenvalue weighted by Crippen LogP contribution is 2.25. The molecule has 0 unspecified atom stereocenters. The molecule has 1 aliphatic rings. The molecule has 0 bridgehead atoms. The van der Waals surface area contributed by atoms with E-state index in [9.17, 15) is 4.79 Å². The van der Waals surface area contributed by atoms with Crippen LogP contribution < -0.4 is 5.32 Å². The first-order chi connectivity index (χ1) is 10.5. The SMILES string of the molecule is CC(=O)Nc1ccn([C@H]2CCN(Cc3c(C)noc3C)C2)n1. The van der Waals surface area contributed by atoms with E-state index in [1.54, 1.807) is 0 Å². The normalized spacial score (nSPS) is 18.8. The highest BCUT2D eigenvalue weighted by Gasteiger charge is 2.26. The van der Waals surface area contributed by atoms with E-state index in [4.69, 9.17) is 4.52 Å². The third kappa shape index (κ3) is 3.04. The standard InChI is InChI=1S/C15H21N5O2/c1-10-14(11(2)22-18-10)9-19-6-4-13(8-19)20-7-5-15(17-20)16-12(3)21/h5,7,13H,4,6,8-9H2,1-3H3,(H,16,17,21)/t13-/m0/s1. The van der Waals surface area contributed by atoms with E-state index in [2.05, 4.69) is 20.5 Å². The molecule has 1 amide bonds. The van der Waals surface area contributed by atoms with Gasteiger partial charge in [0.15, 0.2) is 5.82 Å². The van der Waals surface area contributed by atoms with Gasteiger partial charge in [0.1, 0.15) is 5.76 Å². The van der Waals surface area contributed by atoms with Gasteiger partial charge in [-0.1, -0.05) is 5.16 Å².